The topological polar surface area (TPSA) is 71.1 Å². The highest BCUT2D eigenvalue weighted by molar-refractivity contribution is 5.90. The van der Waals surface area contributed by atoms with Crippen molar-refractivity contribution in [3.05, 3.63) is 29.8 Å². The maximum Gasteiger partial charge on any atom is 0.322 e. The molecule has 2 aliphatic heterocycles. The number of anilines is 1. The van der Waals surface area contributed by atoms with E-state index in [1.54, 1.807) is 0 Å². The zero-order valence-corrected chi connectivity index (χ0v) is 16.3. The normalized spacial score (nSPS) is 22.1. The summed E-state index contributed by atoms with van der Waals surface area (Å²) in [6, 6.07) is 7.92. The van der Waals surface area contributed by atoms with Gasteiger partial charge in [-0.05, 0) is 37.0 Å². The van der Waals surface area contributed by atoms with Gasteiger partial charge in [0.2, 0.25) is 5.91 Å². The van der Waals surface area contributed by atoms with Crippen LogP contribution in [0.2, 0.25) is 0 Å². The van der Waals surface area contributed by atoms with E-state index in [-0.39, 0.29) is 11.9 Å². The van der Waals surface area contributed by atoms with Crippen LogP contribution in [0.25, 0.3) is 0 Å². The average molecular weight is 387 g/mol. The number of hydrogen-bond donors (Lipinski definition) is 1. The molecule has 7 heteroatoms. The number of nitrogens with one attached hydrogen (secondary N) is 1. The molecule has 1 N–H and O–H groups in total. The first-order valence-electron chi connectivity index (χ1n) is 10.3. The van der Waals surface area contributed by atoms with Crippen LogP contribution in [0.5, 0.6) is 0 Å². The molecule has 28 heavy (non-hydrogen) atoms. The van der Waals surface area contributed by atoms with E-state index < -0.39 is 0 Å². The summed E-state index contributed by atoms with van der Waals surface area (Å²) >= 11 is 0. The number of carbonyl (C=O) groups is 2. The molecule has 152 valence electrons. The number of nitrogens with zero attached hydrogens (tertiary/aromatic N) is 2. The molecule has 2 heterocycles. The lowest BCUT2D eigenvalue weighted by molar-refractivity contribution is -0.134. The van der Waals surface area contributed by atoms with E-state index in [9.17, 15) is 9.59 Å². The van der Waals surface area contributed by atoms with Crippen LogP contribution in [0.1, 0.15) is 24.8 Å². The Hall–Kier alpha value is -2.12. The summed E-state index contributed by atoms with van der Waals surface area (Å²) < 4.78 is 10.7. The minimum Gasteiger partial charge on any atom is -0.381 e. The predicted molar refractivity (Wildman–Crippen MR) is 105 cm³/mol. The van der Waals surface area contributed by atoms with Gasteiger partial charge in [0, 0.05) is 43.9 Å². The number of ether oxygens (including phenoxy) is 2. The molecule has 3 amide bonds. The standard InChI is InChI=1S/C21H29N3O4/c25-20(23-8-11-27-12-9-23)13-16-1-3-18(4-2-16)22-21(26)24(19-5-6-19)14-17-7-10-28-15-17/h1-4,17,19H,5-15H2,(H,22,26). The summed E-state index contributed by atoms with van der Waals surface area (Å²) in [5.41, 5.74) is 1.72. The third-order valence-corrected chi connectivity index (χ3v) is 5.65. The average Bonchev–Trinajstić information content (AvgIpc) is 3.43. The second-order valence-electron chi connectivity index (χ2n) is 7.91. The summed E-state index contributed by atoms with van der Waals surface area (Å²) in [7, 11) is 0. The first-order chi connectivity index (χ1) is 13.7. The summed E-state index contributed by atoms with van der Waals surface area (Å²) in [5.74, 6) is 0.568. The molecule has 0 aromatic heterocycles. The Morgan fingerprint density at radius 3 is 2.43 bits per heavy atom. The smallest absolute Gasteiger partial charge is 0.322 e. The zero-order valence-electron chi connectivity index (χ0n) is 16.3. The van der Waals surface area contributed by atoms with Gasteiger partial charge in [-0.3, -0.25) is 4.79 Å². The fourth-order valence-corrected chi connectivity index (χ4v) is 3.79. The number of benzene rings is 1. The lowest BCUT2D eigenvalue weighted by atomic mass is 10.1. The minimum atomic E-state index is -0.0356. The van der Waals surface area contributed by atoms with Gasteiger partial charge < -0.3 is 24.6 Å². The molecular formula is C21H29N3O4. The Morgan fingerprint density at radius 2 is 1.79 bits per heavy atom. The quantitative estimate of drug-likeness (QED) is 0.812. The molecule has 2 saturated heterocycles. The Kier molecular flexibility index (Phi) is 6.12. The van der Waals surface area contributed by atoms with Crippen molar-refractivity contribution in [2.75, 3.05) is 51.4 Å². The van der Waals surface area contributed by atoms with Gasteiger partial charge in [-0.1, -0.05) is 12.1 Å². The molecule has 1 aromatic rings. The highest BCUT2D eigenvalue weighted by Gasteiger charge is 2.34. The lowest BCUT2D eigenvalue weighted by Gasteiger charge is -2.27. The van der Waals surface area contributed by atoms with Gasteiger partial charge >= 0.3 is 6.03 Å². The summed E-state index contributed by atoms with van der Waals surface area (Å²) in [6.45, 7) is 4.87. The van der Waals surface area contributed by atoms with Gasteiger partial charge in [0.1, 0.15) is 0 Å². The highest BCUT2D eigenvalue weighted by Crippen LogP contribution is 2.29. The van der Waals surface area contributed by atoms with Gasteiger partial charge in [0.25, 0.3) is 0 Å². The van der Waals surface area contributed by atoms with Gasteiger partial charge in [0.15, 0.2) is 0 Å². The minimum absolute atomic E-state index is 0.0356. The van der Waals surface area contributed by atoms with Crippen molar-refractivity contribution < 1.29 is 19.1 Å². The maximum absolute atomic E-state index is 12.8. The van der Waals surface area contributed by atoms with E-state index in [0.29, 0.717) is 44.7 Å². The van der Waals surface area contributed by atoms with Crippen LogP contribution in [0.3, 0.4) is 0 Å². The van der Waals surface area contributed by atoms with Crippen molar-refractivity contribution in [1.29, 1.82) is 0 Å². The summed E-state index contributed by atoms with van der Waals surface area (Å²) in [6.07, 6.45) is 3.58. The highest BCUT2D eigenvalue weighted by atomic mass is 16.5. The molecule has 7 nitrogen and oxygen atoms in total. The second-order valence-corrected chi connectivity index (χ2v) is 7.91. The van der Waals surface area contributed by atoms with Gasteiger partial charge in [0.05, 0.1) is 26.2 Å². The molecule has 1 aliphatic carbocycles. The Labute approximate surface area is 166 Å². The molecule has 1 aromatic carbocycles. The SMILES string of the molecule is O=C(Cc1ccc(NC(=O)N(CC2CCOC2)C2CC2)cc1)N1CCOCC1. The molecule has 3 aliphatic rings. The third-order valence-electron chi connectivity index (χ3n) is 5.65. The summed E-state index contributed by atoms with van der Waals surface area (Å²) in [5, 5.41) is 3.02. The van der Waals surface area contributed by atoms with Crippen LogP contribution >= 0.6 is 0 Å². The molecule has 0 bridgehead atoms. The van der Waals surface area contributed by atoms with E-state index in [2.05, 4.69) is 5.32 Å². The molecule has 0 radical (unpaired) electrons. The van der Waals surface area contributed by atoms with E-state index in [0.717, 1.165) is 50.3 Å². The van der Waals surface area contributed by atoms with Gasteiger partial charge in [-0.25, -0.2) is 4.79 Å². The van der Waals surface area contributed by atoms with Crippen molar-refractivity contribution in [3.8, 4) is 0 Å². The second kappa shape index (κ2) is 8.92. The lowest BCUT2D eigenvalue weighted by Crippen LogP contribution is -2.41. The van der Waals surface area contributed by atoms with Crippen LogP contribution < -0.4 is 5.32 Å². The van der Waals surface area contributed by atoms with Crippen molar-refractivity contribution in [1.82, 2.24) is 9.80 Å². The Bertz CT molecular complexity index is 677. The molecule has 4 rings (SSSR count). The first kappa shape index (κ1) is 19.2. The molecule has 0 spiro atoms. The van der Waals surface area contributed by atoms with Crippen LogP contribution in [0.4, 0.5) is 10.5 Å². The van der Waals surface area contributed by atoms with Crippen LogP contribution in [-0.2, 0) is 20.7 Å². The van der Waals surface area contributed by atoms with Crippen LogP contribution in [-0.4, -0.2) is 73.8 Å². The number of carbonyl (C=O) groups excluding carboxylic acids is 2. The van der Waals surface area contributed by atoms with E-state index in [1.807, 2.05) is 34.1 Å². The number of urea groups is 1. The van der Waals surface area contributed by atoms with E-state index >= 15 is 0 Å². The Balaban J connectivity index is 1.30. The number of rotatable bonds is 6. The van der Waals surface area contributed by atoms with Crippen molar-refractivity contribution >= 4 is 17.6 Å². The zero-order chi connectivity index (χ0) is 19.3. The molecular weight excluding hydrogens is 358 g/mol. The number of morpholine rings is 1. The molecule has 3 fully saturated rings. The van der Waals surface area contributed by atoms with Crippen LogP contribution in [0, 0.1) is 5.92 Å². The van der Waals surface area contributed by atoms with Gasteiger partial charge in [-0.15, -0.1) is 0 Å². The first-order valence-corrected chi connectivity index (χ1v) is 10.3. The molecule has 1 atom stereocenters. The number of hydrogen-bond acceptors (Lipinski definition) is 4. The predicted octanol–water partition coefficient (Wildman–Crippen LogP) is 2.12. The van der Waals surface area contributed by atoms with Crippen LogP contribution in [0.15, 0.2) is 24.3 Å². The Morgan fingerprint density at radius 1 is 1.04 bits per heavy atom. The van der Waals surface area contributed by atoms with Gasteiger partial charge in [-0.2, -0.15) is 0 Å². The fraction of sp³-hybridized carbons (Fsp3) is 0.619. The van der Waals surface area contributed by atoms with Crippen molar-refractivity contribution in [2.45, 2.75) is 31.7 Å². The third kappa shape index (κ3) is 5.02. The monoisotopic (exact) mass is 387 g/mol. The van der Waals surface area contributed by atoms with E-state index in [1.165, 1.54) is 0 Å². The molecule has 1 unspecified atom stereocenters. The summed E-state index contributed by atoms with van der Waals surface area (Å²) in [4.78, 5) is 28.9. The maximum atomic E-state index is 12.8. The largest absolute Gasteiger partial charge is 0.381 e. The molecule has 1 saturated carbocycles. The van der Waals surface area contributed by atoms with E-state index in [4.69, 9.17) is 9.47 Å². The van der Waals surface area contributed by atoms with Crippen molar-refractivity contribution in [2.24, 2.45) is 5.92 Å². The van der Waals surface area contributed by atoms with Crippen molar-refractivity contribution in [3.63, 3.8) is 0 Å². The fourth-order valence-electron chi connectivity index (χ4n) is 3.79. The number of amides is 3.